The molecule has 0 radical (unpaired) electrons. The van der Waals surface area contributed by atoms with E-state index in [1.807, 2.05) is 0 Å². The number of likely N-dealkylation sites (N-methyl/N-ethyl adjacent to an activating group) is 1. The van der Waals surface area contributed by atoms with E-state index >= 15 is 0 Å². The Bertz CT molecular complexity index is 545. The van der Waals surface area contributed by atoms with Gasteiger partial charge in [-0.05, 0) is 18.2 Å². The zero-order valence-corrected chi connectivity index (χ0v) is 9.67. The lowest BCUT2D eigenvalue weighted by atomic mass is 10.3. The summed E-state index contributed by atoms with van der Waals surface area (Å²) < 4.78 is 50.2. The topological polar surface area (TPSA) is 80.5 Å². The van der Waals surface area contributed by atoms with Gasteiger partial charge in [0.1, 0.15) is 16.5 Å². The largest absolute Gasteiger partial charge is 0.369 e. The molecular weight excluding hydrogens is 254 g/mol. The Morgan fingerprint density at radius 1 is 1.41 bits per heavy atom. The van der Waals surface area contributed by atoms with Crippen molar-refractivity contribution in [1.82, 2.24) is 4.31 Å². The van der Waals surface area contributed by atoms with Crippen LogP contribution in [0, 0.1) is 11.6 Å². The van der Waals surface area contributed by atoms with Crippen LogP contribution < -0.4 is 5.73 Å². The van der Waals surface area contributed by atoms with Gasteiger partial charge in [-0.15, -0.1) is 0 Å². The van der Waals surface area contributed by atoms with Crippen LogP contribution in [-0.2, 0) is 14.8 Å². The fourth-order valence-electron chi connectivity index (χ4n) is 1.15. The van der Waals surface area contributed by atoms with Gasteiger partial charge in [-0.3, -0.25) is 4.79 Å². The number of rotatable bonds is 4. The van der Waals surface area contributed by atoms with Crippen molar-refractivity contribution in [3.05, 3.63) is 29.8 Å². The molecule has 17 heavy (non-hydrogen) atoms. The van der Waals surface area contributed by atoms with Crippen molar-refractivity contribution in [3.8, 4) is 0 Å². The molecule has 1 amide bonds. The zero-order valence-electron chi connectivity index (χ0n) is 8.85. The van der Waals surface area contributed by atoms with Gasteiger partial charge >= 0.3 is 0 Å². The number of halogens is 2. The average molecular weight is 264 g/mol. The second-order valence-electron chi connectivity index (χ2n) is 3.30. The van der Waals surface area contributed by atoms with Crippen molar-refractivity contribution < 1.29 is 22.0 Å². The van der Waals surface area contributed by atoms with Crippen LogP contribution >= 0.6 is 0 Å². The van der Waals surface area contributed by atoms with Gasteiger partial charge in [-0.2, -0.15) is 4.31 Å². The van der Waals surface area contributed by atoms with E-state index in [9.17, 15) is 22.0 Å². The number of hydrogen-bond acceptors (Lipinski definition) is 3. The van der Waals surface area contributed by atoms with Crippen molar-refractivity contribution in [2.75, 3.05) is 13.6 Å². The van der Waals surface area contributed by atoms with E-state index < -0.39 is 39.0 Å². The lowest BCUT2D eigenvalue weighted by molar-refractivity contribution is -0.118. The first-order valence-corrected chi connectivity index (χ1v) is 5.89. The molecule has 1 aromatic carbocycles. The molecular formula is C9H10F2N2O3S. The number of primary amides is 1. The monoisotopic (exact) mass is 264 g/mol. The predicted molar refractivity (Wildman–Crippen MR) is 55.4 cm³/mol. The molecule has 0 aromatic heterocycles. The van der Waals surface area contributed by atoms with Crippen molar-refractivity contribution in [1.29, 1.82) is 0 Å². The summed E-state index contributed by atoms with van der Waals surface area (Å²) in [6, 6.07) is 2.03. The molecule has 0 aliphatic carbocycles. The molecule has 0 unspecified atom stereocenters. The summed E-state index contributed by atoms with van der Waals surface area (Å²) in [5.74, 6) is -2.88. The smallest absolute Gasteiger partial charge is 0.246 e. The lowest BCUT2D eigenvalue weighted by Gasteiger charge is -2.15. The second-order valence-corrected chi connectivity index (χ2v) is 5.32. The molecule has 0 saturated heterocycles. The van der Waals surface area contributed by atoms with E-state index in [2.05, 4.69) is 0 Å². The summed E-state index contributed by atoms with van der Waals surface area (Å²) >= 11 is 0. The molecule has 94 valence electrons. The SMILES string of the molecule is CN(CC(N)=O)S(=O)(=O)c1cc(F)ccc1F. The Hall–Kier alpha value is -1.54. The number of hydrogen-bond donors (Lipinski definition) is 1. The molecule has 8 heteroatoms. The van der Waals surface area contributed by atoms with Crippen molar-refractivity contribution >= 4 is 15.9 Å². The van der Waals surface area contributed by atoms with E-state index in [0.29, 0.717) is 16.4 Å². The molecule has 0 aliphatic heterocycles. The van der Waals surface area contributed by atoms with Crippen LogP contribution in [0.3, 0.4) is 0 Å². The highest BCUT2D eigenvalue weighted by atomic mass is 32.2. The number of nitrogens with zero attached hydrogens (tertiary/aromatic N) is 1. The standard InChI is InChI=1S/C9H10F2N2O3S/c1-13(5-9(12)14)17(15,16)8-4-6(10)2-3-7(8)11/h2-4H,5H2,1H3,(H2,12,14). The van der Waals surface area contributed by atoms with Gasteiger partial charge in [0.05, 0.1) is 6.54 Å². The Kier molecular flexibility index (Phi) is 3.79. The Morgan fingerprint density at radius 3 is 2.53 bits per heavy atom. The van der Waals surface area contributed by atoms with Crippen molar-refractivity contribution in [2.45, 2.75) is 4.90 Å². The number of carbonyl (C=O) groups is 1. The minimum atomic E-state index is -4.27. The minimum Gasteiger partial charge on any atom is -0.369 e. The van der Waals surface area contributed by atoms with Crippen LogP contribution in [0.5, 0.6) is 0 Å². The minimum absolute atomic E-state index is 0.544. The number of sulfonamides is 1. The van der Waals surface area contributed by atoms with Crippen molar-refractivity contribution in [3.63, 3.8) is 0 Å². The normalized spacial score (nSPS) is 11.8. The van der Waals surface area contributed by atoms with E-state index in [1.165, 1.54) is 0 Å². The van der Waals surface area contributed by atoms with E-state index in [1.54, 1.807) is 0 Å². The number of benzene rings is 1. The van der Waals surface area contributed by atoms with E-state index in [-0.39, 0.29) is 0 Å². The fourth-order valence-corrected chi connectivity index (χ4v) is 2.36. The number of nitrogens with two attached hydrogens (primary N) is 1. The summed E-state index contributed by atoms with van der Waals surface area (Å²) in [6.07, 6.45) is 0. The molecule has 0 fully saturated rings. The fraction of sp³-hybridized carbons (Fsp3) is 0.222. The molecule has 1 rings (SSSR count). The summed E-state index contributed by atoms with van der Waals surface area (Å²) in [5.41, 5.74) is 4.82. The highest BCUT2D eigenvalue weighted by molar-refractivity contribution is 7.89. The molecule has 1 aromatic rings. The van der Waals surface area contributed by atoms with Crippen LogP contribution in [0.25, 0.3) is 0 Å². The maximum Gasteiger partial charge on any atom is 0.246 e. The van der Waals surface area contributed by atoms with Gasteiger partial charge in [-0.25, -0.2) is 17.2 Å². The van der Waals surface area contributed by atoms with Gasteiger partial charge in [0, 0.05) is 7.05 Å². The quantitative estimate of drug-likeness (QED) is 0.835. The third kappa shape index (κ3) is 2.98. The summed E-state index contributed by atoms with van der Waals surface area (Å²) in [6.45, 7) is -0.613. The number of amides is 1. The molecule has 0 atom stereocenters. The third-order valence-electron chi connectivity index (χ3n) is 1.96. The first-order chi connectivity index (χ1) is 7.75. The Morgan fingerprint density at radius 2 is 2.00 bits per heavy atom. The molecule has 5 nitrogen and oxygen atoms in total. The highest BCUT2D eigenvalue weighted by Gasteiger charge is 2.25. The maximum atomic E-state index is 13.3. The second kappa shape index (κ2) is 4.76. The molecule has 0 saturated carbocycles. The van der Waals surface area contributed by atoms with Crippen LogP contribution in [0.15, 0.2) is 23.1 Å². The third-order valence-corrected chi connectivity index (χ3v) is 3.78. The van der Waals surface area contributed by atoms with Gasteiger partial charge in [0.2, 0.25) is 15.9 Å². The van der Waals surface area contributed by atoms with Gasteiger partial charge in [-0.1, -0.05) is 0 Å². The first kappa shape index (κ1) is 13.5. The van der Waals surface area contributed by atoms with Crippen LogP contribution in [0.4, 0.5) is 8.78 Å². The Labute approximate surface area is 96.9 Å². The summed E-state index contributed by atoms with van der Waals surface area (Å²) in [5, 5.41) is 0. The molecule has 0 aliphatic rings. The highest BCUT2D eigenvalue weighted by Crippen LogP contribution is 2.19. The van der Waals surface area contributed by atoms with E-state index in [4.69, 9.17) is 5.73 Å². The molecule has 0 heterocycles. The van der Waals surface area contributed by atoms with Crippen LogP contribution in [0.2, 0.25) is 0 Å². The average Bonchev–Trinajstić information content (AvgIpc) is 2.20. The van der Waals surface area contributed by atoms with E-state index in [0.717, 1.165) is 13.1 Å². The van der Waals surface area contributed by atoms with Crippen LogP contribution in [0.1, 0.15) is 0 Å². The number of carbonyl (C=O) groups excluding carboxylic acids is 1. The Balaban J connectivity index is 3.21. The van der Waals surface area contributed by atoms with Gasteiger partial charge < -0.3 is 5.73 Å². The lowest BCUT2D eigenvalue weighted by Crippen LogP contribution is -2.35. The molecule has 2 N–H and O–H groups in total. The molecule has 0 spiro atoms. The predicted octanol–water partition coefficient (Wildman–Crippen LogP) is 0.0706. The zero-order chi connectivity index (χ0) is 13.2. The maximum absolute atomic E-state index is 13.3. The van der Waals surface area contributed by atoms with Gasteiger partial charge in [0.25, 0.3) is 0 Å². The summed E-state index contributed by atoms with van der Waals surface area (Å²) in [4.78, 5) is 9.76. The van der Waals surface area contributed by atoms with Crippen LogP contribution in [-0.4, -0.2) is 32.2 Å². The summed E-state index contributed by atoms with van der Waals surface area (Å²) in [7, 11) is -3.22. The molecule has 0 bridgehead atoms. The van der Waals surface area contributed by atoms with Crippen molar-refractivity contribution in [2.24, 2.45) is 5.73 Å². The van der Waals surface area contributed by atoms with Gasteiger partial charge in [0.15, 0.2) is 0 Å². The first-order valence-electron chi connectivity index (χ1n) is 4.45.